The maximum atomic E-state index is 13.3. The first kappa shape index (κ1) is 24.9. The number of rotatable bonds is 3. The number of carbonyl (C=O) groups excluding carboxylic acids is 2. The van der Waals surface area contributed by atoms with Gasteiger partial charge in [-0.15, -0.1) is 0 Å². The Morgan fingerprint density at radius 2 is 1.97 bits per heavy atom. The molecule has 4 heterocycles. The maximum absolute atomic E-state index is 13.3. The van der Waals surface area contributed by atoms with E-state index >= 15 is 0 Å². The lowest BCUT2D eigenvalue weighted by Crippen LogP contribution is -2.31. The monoisotopic (exact) mass is 543 g/mol. The maximum Gasteiger partial charge on any atom is 0.276 e. The fourth-order valence-corrected chi connectivity index (χ4v) is 5.03. The third kappa shape index (κ3) is 5.42. The molecule has 1 saturated heterocycles. The Morgan fingerprint density at radius 3 is 2.82 bits per heavy atom. The van der Waals surface area contributed by atoms with E-state index in [4.69, 9.17) is 16.1 Å². The van der Waals surface area contributed by atoms with Crippen molar-refractivity contribution >= 4 is 52.2 Å². The van der Waals surface area contributed by atoms with Gasteiger partial charge >= 0.3 is 0 Å². The SMILES string of the molecule is Cc1cc(C(=O)N2CCC(C(=O)Nc3ccc4cc3CCc3cccc(c3)Nc3ncc(Cl)c(n3)N4)C2)no1. The minimum Gasteiger partial charge on any atom is -0.361 e. The molecular weight excluding hydrogens is 518 g/mol. The van der Waals surface area contributed by atoms with Crippen molar-refractivity contribution in [1.29, 1.82) is 0 Å². The van der Waals surface area contributed by atoms with E-state index in [1.807, 2.05) is 30.3 Å². The van der Waals surface area contributed by atoms with Gasteiger partial charge in [0, 0.05) is 36.2 Å². The van der Waals surface area contributed by atoms with Crippen LogP contribution in [0.2, 0.25) is 5.02 Å². The van der Waals surface area contributed by atoms with E-state index in [-0.39, 0.29) is 23.4 Å². The van der Waals surface area contributed by atoms with Gasteiger partial charge in [0.25, 0.3) is 5.91 Å². The van der Waals surface area contributed by atoms with Gasteiger partial charge in [-0.2, -0.15) is 4.98 Å². The number of hydrogen-bond acceptors (Lipinski definition) is 8. The Labute approximate surface area is 229 Å². The molecule has 11 heteroatoms. The second-order valence-corrected chi connectivity index (χ2v) is 10.2. The van der Waals surface area contributed by atoms with Crippen LogP contribution in [0.15, 0.2) is 59.3 Å². The summed E-state index contributed by atoms with van der Waals surface area (Å²) in [7, 11) is 0. The van der Waals surface area contributed by atoms with Crippen molar-refractivity contribution in [2.45, 2.75) is 26.2 Å². The van der Waals surface area contributed by atoms with Crippen molar-refractivity contribution < 1.29 is 14.1 Å². The Morgan fingerprint density at radius 1 is 1.10 bits per heavy atom. The second kappa shape index (κ2) is 10.4. The lowest BCUT2D eigenvalue weighted by molar-refractivity contribution is -0.119. The van der Waals surface area contributed by atoms with Crippen molar-refractivity contribution in [3.05, 3.63) is 82.3 Å². The van der Waals surface area contributed by atoms with Crippen LogP contribution in [0.4, 0.5) is 28.8 Å². The van der Waals surface area contributed by atoms with E-state index in [1.54, 1.807) is 24.1 Å². The summed E-state index contributed by atoms with van der Waals surface area (Å²) in [6.45, 7) is 2.56. The highest BCUT2D eigenvalue weighted by atomic mass is 35.5. The fraction of sp³-hybridized carbons (Fsp3) is 0.250. The summed E-state index contributed by atoms with van der Waals surface area (Å²) >= 11 is 6.37. The Hall–Kier alpha value is -4.44. The Bertz CT molecular complexity index is 1570. The molecule has 2 aromatic carbocycles. The van der Waals surface area contributed by atoms with Gasteiger partial charge in [0.1, 0.15) is 10.8 Å². The van der Waals surface area contributed by atoms with Crippen LogP contribution in [0.3, 0.4) is 0 Å². The van der Waals surface area contributed by atoms with Crippen LogP contribution in [0.1, 0.15) is 33.8 Å². The molecule has 2 aromatic heterocycles. The smallest absolute Gasteiger partial charge is 0.276 e. The number of benzene rings is 2. The molecule has 39 heavy (non-hydrogen) atoms. The molecule has 2 aliphatic rings. The molecular formula is C28H26ClN7O3. The highest BCUT2D eigenvalue weighted by Crippen LogP contribution is 2.30. The number of anilines is 5. The molecule has 198 valence electrons. The van der Waals surface area contributed by atoms with Crippen LogP contribution < -0.4 is 16.0 Å². The Kier molecular flexibility index (Phi) is 6.62. The van der Waals surface area contributed by atoms with Crippen molar-refractivity contribution in [3.8, 4) is 0 Å². The van der Waals surface area contributed by atoms with Crippen molar-refractivity contribution in [3.63, 3.8) is 0 Å². The van der Waals surface area contributed by atoms with Crippen LogP contribution in [0.5, 0.6) is 0 Å². The molecule has 0 radical (unpaired) electrons. The zero-order valence-electron chi connectivity index (χ0n) is 21.2. The second-order valence-electron chi connectivity index (χ2n) is 9.76. The zero-order valence-corrected chi connectivity index (χ0v) is 22.0. The summed E-state index contributed by atoms with van der Waals surface area (Å²) in [4.78, 5) is 36.5. The lowest BCUT2D eigenvalue weighted by atomic mass is 10.0. The molecule has 3 N–H and O–H groups in total. The normalized spacial score (nSPS) is 16.3. The van der Waals surface area contributed by atoms with Gasteiger partial charge in [-0.3, -0.25) is 9.59 Å². The molecule has 4 aromatic rings. The van der Waals surface area contributed by atoms with Gasteiger partial charge in [-0.25, -0.2) is 4.98 Å². The number of halogens is 1. The molecule has 10 nitrogen and oxygen atoms in total. The lowest BCUT2D eigenvalue weighted by Gasteiger charge is -2.17. The number of carbonyl (C=O) groups is 2. The molecule has 0 spiro atoms. The predicted octanol–water partition coefficient (Wildman–Crippen LogP) is 5.11. The van der Waals surface area contributed by atoms with Crippen molar-refractivity contribution in [2.24, 2.45) is 5.92 Å². The van der Waals surface area contributed by atoms with Crippen LogP contribution in [-0.4, -0.2) is 44.9 Å². The molecule has 0 saturated carbocycles. The summed E-state index contributed by atoms with van der Waals surface area (Å²) in [5, 5.41) is 13.8. The number of hydrogen-bond donors (Lipinski definition) is 3. The Balaban J connectivity index is 1.23. The standard InChI is InChI=1S/C28H26ClN7O3/c1-16-11-24(35-39-16)27(38)36-10-9-19(15-36)26(37)33-23-8-7-21-13-18(23)6-5-17-3-2-4-20(12-17)32-28-30-14-22(29)25(31-21)34-28/h2-4,7-8,11-14,19H,5-6,9-10,15H2,1H3,(H,33,37)(H2,30,31,32,34). The van der Waals surface area contributed by atoms with Gasteiger partial charge in [-0.05, 0) is 67.6 Å². The minimum absolute atomic E-state index is 0.115. The van der Waals surface area contributed by atoms with Gasteiger partial charge < -0.3 is 25.4 Å². The molecule has 1 atom stereocenters. The van der Waals surface area contributed by atoms with Crippen LogP contribution in [-0.2, 0) is 17.6 Å². The van der Waals surface area contributed by atoms with Gasteiger partial charge in [-0.1, -0.05) is 28.9 Å². The first-order valence-corrected chi connectivity index (χ1v) is 13.1. The molecule has 6 rings (SSSR count). The van der Waals surface area contributed by atoms with E-state index in [9.17, 15) is 9.59 Å². The van der Waals surface area contributed by atoms with E-state index in [1.165, 1.54) is 0 Å². The average molecular weight is 544 g/mol. The van der Waals surface area contributed by atoms with Gasteiger partial charge in [0.05, 0.1) is 12.1 Å². The quantitative estimate of drug-likeness (QED) is 0.325. The first-order valence-electron chi connectivity index (χ1n) is 12.7. The molecule has 2 amide bonds. The third-order valence-electron chi connectivity index (χ3n) is 6.93. The highest BCUT2D eigenvalue weighted by molar-refractivity contribution is 6.32. The largest absolute Gasteiger partial charge is 0.361 e. The van der Waals surface area contributed by atoms with Crippen LogP contribution in [0, 0.1) is 12.8 Å². The molecule has 2 aliphatic heterocycles. The number of nitrogens with zero attached hydrogens (tertiary/aromatic N) is 4. The summed E-state index contributed by atoms with van der Waals surface area (Å²) in [5.41, 5.74) is 4.78. The molecule has 1 unspecified atom stereocenters. The minimum atomic E-state index is -0.317. The summed E-state index contributed by atoms with van der Waals surface area (Å²) in [6.07, 6.45) is 3.60. The van der Waals surface area contributed by atoms with Gasteiger partial charge in [0.2, 0.25) is 11.9 Å². The number of aryl methyl sites for hydroxylation is 3. The number of fused-ring (bicyclic) bond motifs is 6. The van der Waals surface area contributed by atoms with Crippen LogP contribution in [0.25, 0.3) is 0 Å². The number of aromatic nitrogens is 3. The van der Waals surface area contributed by atoms with E-state index in [0.29, 0.717) is 48.5 Å². The summed E-state index contributed by atoms with van der Waals surface area (Å²) in [6, 6.07) is 15.4. The summed E-state index contributed by atoms with van der Waals surface area (Å²) < 4.78 is 5.03. The number of nitrogens with one attached hydrogen (secondary N) is 3. The topological polar surface area (TPSA) is 125 Å². The zero-order chi connectivity index (χ0) is 26.9. The fourth-order valence-electron chi connectivity index (χ4n) is 4.89. The van der Waals surface area contributed by atoms with Crippen molar-refractivity contribution in [2.75, 3.05) is 29.0 Å². The molecule has 6 bridgehead atoms. The van der Waals surface area contributed by atoms with Crippen molar-refractivity contribution in [1.82, 2.24) is 20.0 Å². The highest BCUT2D eigenvalue weighted by Gasteiger charge is 2.33. The molecule has 1 fully saturated rings. The van der Waals surface area contributed by atoms with E-state index < -0.39 is 0 Å². The number of likely N-dealkylation sites (tertiary alicyclic amines) is 1. The molecule has 0 aliphatic carbocycles. The van der Waals surface area contributed by atoms with Gasteiger partial charge in [0.15, 0.2) is 11.5 Å². The van der Waals surface area contributed by atoms with E-state index in [2.05, 4.69) is 43.2 Å². The summed E-state index contributed by atoms with van der Waals surface area (Å²) in [5.74, 6) is 0.831. The van der Waals surface area contributed by atoms with Crippen LogP contribution >= 0.6 is 11.6 Å². The predicted molar refractivity (Wildman–Crippen MR) is 148 cm³/mol. The average Bonchev–Trinajstić information content (AvgIpc) is 3.60. The number of amides is 2. The third-order valence-corrected chi connectivity index (χ3v) is 7.21. The van der Waals surface area contributed by atoms with E-state index in [0.717, 1.165) is 34.6 Å². The first-order chi connectivity index (χ1) is 18.9.